The van der Waals surface area contributed by atoms with Crippen LogP contribution in [0.2, 0.25) is 0 Å². The van der Waals surface area contributed by atoms with Crippen LogP contribution in [-0.4, -0.2) is 12.2 Å². The summed E-state index contributed by atoms with van der Waals surface area (Å²) >= 11 is 0. The summed E-state index contributed by atoms with van der Waals surface area (Å²) in [5.74, 6) is -6.38. The van der Waals surface area contributed by atoms with Gasteiger partial charge in [-0.1, -0.05) is 13.3 Å². The average molecular weight is 404 g/mol. The smallest absolute Gasteiger partial charge is 0.400 e. The van der Waals surface area contributed by atoms with Crippen molar-refractivity contribution in [3.05, 3.63) is 41.4 Å². The lowest BCUT2D eigenvalue weighted by Crippen LogP contribution is -2.39. The van der Waals surface area contributed by atoms with Gasteiger partial charge >= 0.3 is 6.11 Å². The molecular weight excluding hydrogens is 379 g/mol. The molecule has 28 heavy (non-hydrogen) atoms. The molecule has 0 bridgehead atoms. The van der Waals surface area contributed by atoms with E-state index in [9.17, 15) is 22.0 Å². The minimum Gasteiger partial charge on any atom is -0.498 e. The Labute approximate surface area is 161 Å². The van der Waals surface area contributed by atoms with Crippen molar-refractivity contribution in [3.63, 3.8) is 0 Å². The van der Waals surface area contributed by atoms with Gasteiger partial charge in [-0.15, -0.1) is 0 Å². The molecule has 0 spiro atoms. The van der Waals surface area contributed by atoms with Crippen LogP contribution in [0.4, 0.5) is 22.0 Å². The number of hydrogen-bond donors (Lipinski definition) is 0. The summed E-state index contributed by atoms with van der Waals surface area (Å²) < 4.78 is 78.8. The van der Waals surface area contributed by atoms with Gasteiger partial charge in [0.05, 0.1) is 12.2 Å². The Morgan fingerprint density at radius 1 is 1.04 bits per heavy atom. The molecule has 1 unspecified atom stereocenters. The second-order valence-electron chi connectivity index (χ2n) is 7.72. The summed E-state index contributed by atoms with van der Waals surface area (Å²) in [4.78, 5) is 0. The maximum absolute atomic E-state index is 14.5. The highest BCUT2D eigenvalue weighted by molar-refractivity contribution is 5.25. The third-order valence-electron chi connectivity index (χ3n) is 5.71. The molecule has 1 heterocycles. The van der Waals surface area contributed by atoms with Crippen LogP contribution < -0.4 is 4.74 Å². The van der Waals surface area contributed by atoms with Crippen LogP contribution in [0.1, 0.15) is 58.3 Å². The van der Waals surface area contributed by atoms with Crippen molar-refractivity contribution in [2.45, 2.75) is 70.5 Å². The fourth-order valence-electron chi connectivity index (χ4n) is 4.15. The summed E-state index contributed by atoms with van der Waals surface area (Å²) in [6, 6.07) is 0.877. The molecule has 1 atom stereocenters. The van der Waals surface area contributed by atoms with Gasteiger partial charge < -0.3 is 9.47 Å². The lowest BCUT2D eigenvalue weighted by molar-refractivity contribution is -0.225. The Morgan fingerprint density at radius 3 is 2.21 bits per heavy atom. The van der Waals surface area contributed by atoms with E-state index in [1.165, 1.54) is 5.57 Å². The van der Waals surface area contributed by atoms with Gasteiger partial charge in [-0.3, -0.25) is 0 Å². The van der Waals surface area contributed by atoms with E-state index in [1.54, 1.807) is 0 Å². The van der Waals surface area contributed by atoms with Crippen LogP contribution in [0.5, 0.6) is 5.75 Å². The molecule has 0 radical (unpaired) electrons. The third-order valence-corrected chi connectivity index (χ3v) is 5.71. The molecule has 1 aliphatic heterocycles. The molecule has 3 rings (SSSR count). The zero-order valence-electron chi connectivity index (χ0n) is 15.8. The van der Waals surface area contributed by atoms with Crippen LogP contribution in [0, 0.1) is 29.3 Å². The fraction of sp³-hybridized carbons (Fsp3) is 0.619. The van der Waals surface area contributed by atoms with E-state index in [0.29, 0.717) is 25.0 Å². The highest BCUT2D eigenvalue weighted by Gasteiger charge is 2.45. The Kier molecular flexibility index (Phi) is 6.50. The number of ether oxygens (including phenoxy) is 2. The van der Waals surface area contributed by atoms with Crippen LogP contribution in [0.15, 0.2) is 24.0 Å². The van der Waals surface area contributed by atoms with Gasteiger partial charge in [-0.05, 0) is 56.4 Å². The number of benzene rings is 1. The molecule has 1 saturated carbocycles. The molecule has 0 amide bonds. The monoisotopic (exact) mass is 404 g/mol. The molecule has 0 N–H and O–H groups in total. The van der Waals surface area contributed by atoms with Gasteiger partial charge in [0.2, 0.25) is 0 Å². The minimum atomic E-state index is -3.58. The Bertz CT molecular complexity index is 688. The maximum Gasteiger partial charge on any atom is 0.400 e. The first-order valence-corrected chi connectivity index (χ1v) is 9.85. The van der Waals surface area contributed by atoms with Gasteiger partial charge in [-0.25, -0.2) is 13.2 Å². The lowest BCUT2D eigenvalue weighted by atomic mass is 9.77. The van der Waals surface area contributed by atoms with Gasteiger partial charge in [0.15, 0.2) is 17.5 Å². The Morgan fingerprint density at radius 2 is 1.68 bits per heavy atom. The number of allylic oxidation sites excluding steroid dienone is 1. The molecule has 2 aliphatic rings. The number of rotatable bonds is 6. The van der Waals surface area contributed by atoms with E-state index in [2.05, 4.69) is 11.7 Å². The molecule has 156 valence electrons. The van der Waals surface area contributed by atoms with Gasteiger partial charge in [-0.2, -0.15) is 8.78 Å². The molecule has 0 saturated heterocycles. The molecule has 1 fully saturated rings. The standard InChI is InChI=1S/C21H25F5O2/c1-2-3-13-4-9-19(27-12-13)14-5-7-15(8-6-14)21(25,26)28-16-10-17(22)20(24)18(23)11-16/h10-12,14-15,19H,2-9H2,1H3. The molecule has 1 aromatic carbocycles. The summed E-state index contributed by atoms with van der Waals surface area (Å²) in [5.41, 5.74) is 1.30. The van der Waals surface area contributed by atoms with Crippen molar-refractivity contribution in [3.8, 4) is 5.75 Å². The second kappa shape index (κ2) is 8.70. The molecule has 2 nitrogen and oxygen atoms in total. The van der Waals surface area contributed by atoms with Crippen molar-refractivity contribution < 1.29 is 31.4 Å². The van der Waals surface area contributed by atoms with Crippen LogP contribution >= 0.6 is 0 Å². The molecular formula is C21H25F5O2. The van der Waals surface area contributed by atoms with Crippen molar-refractivity contribution in [1.29, 1.82) is 0 Å². The SMILES string of the molecule is CCCC1=COC(C2CCC(C(F)(F)Oc3cc(F)c(F)c(F)c3)CC2)CC1. The van der Waals surface area contributed by atoms with E-state index in [0.717, 1.165) is 25.7 Å². The highest BCUT2D eigenvalue weighted by Crippen LogP contribution is 2.43. The van der Waals surface area contributed by atoms with Gasteiger partial charge in [0, 0.05) is 12.1 Å². The van der Waals surface area contributed by atoms with E-state index in [4.69, 9.17) is 4.74 Å². The zero-order valence-corrected chi connectivity index (χ0v) is 15.8. The molecule has 1 aromatic rings. The Hall–Kier alpha value is -1.79. The normalized spacial score (nSPS) is 25.8. The largest absolute Gasteiger partial charge is 0.498 e. The maximum atomic E-state index is 14.5. The van der Waals surface area contributed by atoms with E-state index >= 15 is 0 Å². The predicted octanol–water partition coefficient (Wildman–Crippen LogP) is 6.74. The lowest BCUT2D eigenvalue weighted by Gasteiger charge is -2.37. The summed E-state index contributed by atoms with van der Waals surface area (Å²) in [6.07, 6.45) is 3.91. The number of alkyl halides is 2. The first-order chi connectivity index (χ1) is 13.3. The van der Waals surface area contributed by atoms with Crippen molar-refractivity contribution in [2.24, 2.45) is 11.8 Å². The topological polar surface area (TPSA) is 18.5 Å². The molecule has 0 aromatic heterocycles. The first-order valence-electron chi connectivity index (χ1n) is 9.85. The van der Waals surface area contributed by atoms with Crippen molar-refractivity contribution in [2.75, 3.05) is 0 Å². The van der Waals surface area contributed by atoms with Gasteiger partial charge in [0.25, 0.3) is 0 Å². The second-order valence-corrected chi connectivity index (χ2v) is 7.72. The zero-order chi connectivity index (χ0) is 20.3. The minimum absolute atomic E-state index is 0.0522. The van der Waals surface area contributed by atoms with Crippen LogP contribution in [0.3, 0.4) is 0 Å². The third kappa shape index (κ3) is 4.78. The van der Waals surface area contributed by atoms with Crippen molar-refractivity contribution in [1.82, 2.24) is 0 Å². The summed E-state index contributed by atoms with van der Waals surface area (Å²) in [5, 5.41) is 0. The van der Waals surface area contributed by atoms with E-state index in [-0.39, 0.29) is 24.9 Å². The molecule has 7 heteroatoms. The highest BCUT2D eigenvalue weighted by atomic mass is 19.3. The Balaban J connectivity index is 1.55. The average Bonchev–Trinajstić information content (AvgIpc) is 2.67. The van der Waals surface area contributed by atoms with Gasteiger partial charge in [0.1, 0.15) is 11.9 Å². The number of hydrogen-bond acceptors (Lipinski definition) is 2. The van der Waals surface area contributed by atoms with E-state index < -0.39 is 35.2 Å². The number of halogens is 5. The first kappa shape index (κ1) is 20.9. The van der Waals surface area contributed by atoms with Crippen LogP contribution in [-0.2, 0) is 4.74 Å². The molecule has 1 aliphatic carbocycles. The van der Waals surface area contributed by atoms with E-state index in [1.807, 2.05) is 6.26 Å². The fourth-order valence-corrected chi connectivity index (χ4v) is 4.15. The summed E-state index contributed by atoms with van der Waals surface area (Å²) in [6.45, 7) is 2.12. The predicted molar refractivity (Wildman–Crippen MR) is 94.4 cm³/mol. The van der Waals surface area contributed by atoms with Crippen molar-refractivity contribution >= 4 is 0 Å². The summed E-state index contributed by atoms with van der Waals surface area (Å²) in [7, 11) is 0. The quantitative estimate of drug-likeness (QED) is 0.386. The van der Waals surface area contributed by atoms with Crippen LogP contribution in [0.25, 0.3) is 0 Å².